The molecule has 0 bridgehead atoms. The van der Waals surface area contributed by atoms with Crippen LogP contribution < -0.4 is 5.32 Å². The average Bonchev–Trinajstić information content (AvgIpc) is 3.11. The molecule has 1 fully saturated rings. The predicted octanol–water partition coefficient (Wildman–Crippen LogP) is 2.37. The van der Waals surface area contributed by atoms with Crippen molar-refractivity contribution >= 4 is 17.7 Å². The maximum absolute atomic E-state index is 11.3. The first-order valence-electron chi connectivity index (χ1n) is 5.79. The van der Waals surface area contributed by atoms with Crippen LogP contribution in [0.4, 0.5) is 0 Å². The highest BCUT2D eigenvalue weighted by molar-refractivity contribution is 7.99. The number of carboxylic acid groups (broad SMARTS) is 1. The molecule has 0 aliphatic heterocycles. The van der Waals surface area contributed by atoms with Crippen molar-refractivity contribution in [3.8, 4) is 0 Å². The Bertz CT molecular complexity index is 392. The number of aliphatic carboxylic acids is 1. The summed E-state index contributed by atoms with van der Waals surface area (Å²) in [7, 11) is 0. The number of carboxylic acids is 1. The molecular weight excluding hydrogens is 234 g/mol. The van der Waals surface area contributed by atoms with Crippen LogP contribution in [0.2, 0.25) is 0 Å². The van der Waals surface area contributed by atoms with Crippen molar-refractivity contribution in [3.63, 3.8) is 0 Å². The van der Waals surface area contributed by atoms with E-state index in [0.29, 0.717) is 11.8 Å². The van der Waals surface area contributed by atoms with Crippen LogP contribution in [-0.4, -0.2) is 28.4 Å². The Morgan fingerprint density at radius 2 is 2.12 bits per heavy atom. The van der Waals surface area contributed by atoms with E-state index in [1.165, 1.54) is 0 Å². The Morgan fingerprint density at radius 1 is 1.47 bits per heavy atom. The van der Waals surface area contributed by atoms with Crippen molar-refractivity contribution < 1.29 is 9.90 Å². The van der Waals surface area contributed by atoms with E-state index < -0.39 is 11.5 Å². The number of carbonyl (C=O) groups is 1. The lowest BCUT2D eigenvalue weighted by atomic mass is 10.1. The fourth-order valence-electron chi connectivity index (χ4n) is 1.59. The first kappa shape index (κ1) is 12.5. The highest BCUT2D eigenvalue weighted by atomic mass is 32.2. The van der Waals surface area contributed by atoms with Crippen molar-refractivity contribution in [1.82, 2.24) is 5.32 Å². The highest BCUT2D eigenvalue weighted by Gasteiger charge is 2.38. The first-order valence-corrected chi connectivity index (χ1v) is 6.78. The van der Waals surface area contributed by atoms with Gasteiger partial charge >= 0.3 is 5.97 Å². The van der Waals surface area contributed by atoms with Crippen LogP contribution in [0.5, 0.6) is 0 Å². The van der Waals surface area contributed by atoms with E-state index in [0.717, 1.165) is 17.7 Å². The molecule has 1 unspecified atom stereocenters. The second-order valence-corrected chi connectivity index (χ2v) is 5.71. The van der Waals surface area contributed by atoms with Crippen molar-refractivity contribution in [2.24, 2.45) is 0 Å². The number of hydrogen-bond donors (Lipinski definition) is 2. The van der Waals surface area contributed by atoms with E-state index in [-0.39, 0.29) is 0 Å². The lowest BCUT2D eigenvalue weighted by Crippen LogP contribution is -2.52. The third kappa shape index (κ3) is 3.48. The molecule has 0 saturated heterocycles. The van der Waals surface area contributed by atoms with E-state index in [1.54, 1.807) is 18.7 Å². The van der Waals surface area contributed by atoms with Gasteiger partial charge in [0.05, 0.1) is 0 Å². The van der Waals surface area contributed by atoms with Gasteiger partial charge < -0.3 is 5.11 Å². The first-order chi connectivity index (χ1) is 8.10. The fraction of sp³-hybridized carbons (Fsp3) is 0.462. The van der Waals surface area contributed by atoms with Crippen molar-refractivity contribution in [3.05, 3.63) is 30.3 Å². The van der Waals surface area contributed by atoms with E-state index in [9.17, 15) is 9.90 Å². The topological polar surface area (TPSA) is 49.3 Å². The number of benzene rings is 1. The zero-order valence-corrected chi connectivity index (χ0v) is 10.7. The van der Waals surface area contributed by atoms with Gasteiger partial charge in [-0.05, 0) is 31.9 Å². The summed E-state index contributed by atoms with van der Waals surface area (Å²) >= 11 is 1.58. The maximum atomic E-state index is 11.3. The zero-order valence-electron chi connectivity index (χ0n) is 9.85. The van der Waals surface area contributed by atoms with Crippen LogP contribution in [0, 0.1) is 0 Å². The Morgan fingerprint density at radius 3 is 2.65 bits per heavy atom. The Kier molecular flexibility index (Phi) is 3.74. The molecule has 0 spiro atoms. The van der Waals surface area contributed by atoms with Gasteiger partial charge in [0.2, 0.25) is 0 Å². The van der Waals surface area contributed by atoms with E-state index in [1.807, 2.05) is 30.3 Å². The zero-order chi connectivity index (χ0) is 12.3. The predicted molar refractivity (Wildman–Crippen MR) is 69.4 cm³/mol. The summed E-state index contributed by atoms with van der Waals surface area (Å²) in [4.78, 5) is 12.4. The third-order valence-corrected chi connectivity index (χ3v) is 4.17. The molecule has 17 heavy (non-hydrogen) atoms. The highest BCUT2D eigenvalue weighted by Crippen LogP contribution is 2.27. The number of rotatable bonds is 6. The molecule has 0 amide bonds. The minimum Gasteiger partial charge on any atom is -0.480 e. The summed E-state index contributed by atoms with van der Waals surface area (Å²) in [6.07, 6.45) is 2.19. The third-order valence-electron chi connectivity index (χ3n) is 2.84. The maximum Gasteiger partial charge on any atom is 0.324 e. The quantitative estimate of drug-likeness (QED) is 0.762. The molecule has 3 nitrogen and oxygen atoms in total. The van der Waals surface area contributed by atoms with Crippen molar-refractivity contribution in [1.29, 1.82) is 0 Å². The Balaban J connectivity index is 1.95. The Labute approximate surface area is 106 Å². The molecule has 0 radical (unpaired) electrons. The van der Waals surface area contributed by atoms with Crippen LogP contribution in [0.3, 0.4) is 0 Å². The fourth-order valence-corrected chi connectivity index (χ4v) is 2.60. The second-order valence-electron chi connectivity index (χ2n) is 4.66. The molecule has 0 aromatic heterocycles. The molecule has 92 valence electrons. The van der Waals surface area contributed by atoms with Crippen LogP contribution in [-0.2, 0) is 4.79 Å². The van der Waals surface area contributed by atoms with Gasteiger partial charge in [-0.2, -0.15) is 0 Å². The van der Waals surface area contributed by atoms with Gasteiger partial charge in [-0.3, -0.25) is 10.1 Å². The average molecular weight is 251 g/mol. The lowest BCUT2D eigenvalue weighted by Gasteiger charge is -2.26. The Hall–Kier alpha value is -1.00. The van der Waals surface area contributed by atoms with E-state index >= 15 is 0 Å². The summed E-state index contributed by atoms with van der Waals surface area (Å²) < 4.78 is 0. The summed E-state index contributed by atoms with van der Waals surface area (Å²) in [6, 6.07) is 10.3. The second kappa shape index (κ2) is 5.10. The van der Waals surface area contributed by atoms with E-state index in [4.69, 9.17) is 0 Å². The van der Waals surface area contributed by atoms with Gasteiger partial charge in [0.1, 0.15) is 5.54 Å². The molecule has 1 aromatic rings. The van der Waals surface area contributed by atoms with Crippen LogP contribution >= 0.6 is 11.8 Å². The molecule has 1 aliphatic carbocycles. The largest absolute Gasteiger partial charge is 0.480 e. The summed E-state index contributed by atoms with van der Waals surface area (Å²) in [5.41, 5.74) is -0.832. The van der Waals surface area contributed by atoms with Gasteiger partial charge in [-0.15, -0.1) is 11.8 Å². The van der Waals surface area contributed by atoms with Gasteiger partial charge in [0.15, 0.2) is 0 Å². The molecule has 0 heterocycles. The minimum atomic E-state index is -0.832. The van der Waals surface area contributed by atoms with Crippen LogP contribution in [0.25, 0.3) is 0 Å². The van der Waals surface area contributed by atoms with Crippen LogP contribution in [0.1, 0.15) is 19.8 Å². The molecule has 1 aromatic carbocycles. The van der Waals surface area contributed by atoms with Gasteiger partial charge in [-0.1, -0.05) is 18.2 Å². The molecule has 2 rings (SSSR count). The molecule has 1 atom stereocenters. The number of hydrogen-bond acceptors (Lipinski definition) is 3. The summed E-state index contributed by atoms with van der Waals surface area (Å²) in [5.74, 6) is -0.226. The SMILES string of the molecule is CC(CSc1ccccc1)(NC1CC1)C(=O)O. The lowest BCUT2D eigenvalue weighted by molar-refractivity contribution is -0.143. The van der Waals surface area contributed by atoms with Crippen molar-refractivity contribution in [2.45, 2.75) is 36.2 Å². The van der Waals surface area contributed by atoms with E-state index in [2.05, 4.69) is 5.32 Å². The monoisotopic (exact) mass is 251 g/mol. The molecule has 2 N–H and O–H groups in total. The summed E-state index contributed by atoms with van der Waals surface area (Å²) in [6.45, 7) is 1.77. The standard InChI is InChI=1S/C13H17NO2S/c1-13(12(15)16,14-10-7-8-10)9-17-11-5-3-2-4-6-11/h2-6,10,14H,7-9H2,1H3,(H,15,16). The molecule has 1 aliphatic rings. The normalized spacial score (nSPS) is 18.6. The smallest absolute Gasteiger partial charge is 0.324 e. The number of nitrogens with one attached hydrogen (secondary N) is 1. The molecular formula is C13H17NO2S. The van der Waals surface area contributed by atoms with Crippen LogP contribution in [0.15, 0.2) is 35.2 Å². The number of thioether (sulfide) groups is 1. The van der Waals surface area contributed by atoms with Gasteiger partial charge in [0.25, 0.3) is 0 Å². The van der Waals surface area contributed by atoms with Crippen molar-refractivity contribution in [2.75, 3.05) is 5.75 Å². The molecule has 1 saturated carbocycles. The van der Waals surface area contributed by atoms with Gasteiger partial charge in [-0.25, -0.2) is 0 Å². The molecule has 4 heteroatoms. The van der Waals surface area contributed by atoms with Gasteiger partial charge in [0, 0.05) is 16.7 Å². The minimum absolute atomic E-state index is 0.396. The summed E-state index contributed by atoms with van der Waals surface area (Å²) in [5, 5.41) is 12.5.